The number of aromatic amines is 1. The number of amides is 1. The van der Waals surface area contributed by atoms with Crippen molar-refractivity contribution in [1.82, 2.24) is 4.98 Å². The summed E-state index contributed by atoms with van der Waals surface area (Å²) >= 11 is 12.0. The van der Waals surface area contributed by atoms with Crippen LogP contribution >= 0.6 is 23.2 Å². The van der Waals surface area contributed by atoms with E-state index in [2.05, 4.69) is 10.3 Å². The SMILES string of the molecule is O=C(Nc1cccc(Cl)c1Cl)c1c(-c2ccccc2)cc[nH]c1=O. The number of rotatable bonds is 3. The Bertz CT molecular complexity index is 953. The minimum atomic E-state index is -0.556. The second-order valence-electron chi connectivity index (χ2n) is 5.02. The van der Waals surface area contributed by atoms with Crippen molar-refractivity contribution in [2.75, 3.05) is 5.32 Å². The lowest BCUT2D eigenvalue weighted by Gasteiger charge is -2.11. The Balaban J connectivity index is 2.05. The van der Waals surface area contributed by atoms with Crippen molar-refractivity contribution in [1.29, 1.82) is 0 Å². The molecular weight excluding hydrogens is 347 g/mol. The van der Waals surface area contributed by atoms with Gasteiger partial charge in [-0.25, -0.2) is 0 Å². The largest absolute Gasteiger partial charge is 0.328 e. The molecule has 3 rings (SSSR count). The van der Waals surface area contributed by atoms with Crippen LogP contribution in [0.4, 0.5) is 5.69 Å². The zero-order chi connectivity index (χ0) is 17.1. The van der Waals surface area contributed by atoms with Crippen LogP contribution in [0.2, 0.25) is 10.0 Å². The van der Waals surface area contributed by atoms with E-state index >= 15 is 0 Å². The van der Waals surface area contributed by atoms with Crippen LogP contribution in [0.25, 0.3) is 11.1 Å². The van der Waals surface area contributed by atoms with E-state index in [0.717, 1.165) is 5.56 Å². The van der Waals surface area contributed by atoms with Gasteiger partial charge in [0, 0.05) is 11.8 Å². The van der Waals surface area contributed by atoms with E-state index in [1.807, 2.05) is 30.3 Å². The molecule has 1 amide bonds. The van der Waals surface area contributed by atoms with Crippen molar-refractivity contribution in [2.45, 2.75) is 0 Å². The summed E-state index contributed by atoms with van der Waals surface area (Å²) in [5.41, 5.74) is 1.18. The first-order chi connectivity index (χ1) is 11.6. The third-order valence-electron chi connectivity index (χ3n) is 3.47. The van der Waals surface area contributed by atoms with Gasteiger partial charge < -0.3 is 10.3 Å². The summed E-state index contributed by atoms with van der Waals surface area (Å²) in [5.74, 6) is -0.556. The number of hydrogen-bond acceptors (Lipinski definition) is 2. The van der Waals surface area contributed by atoms with Crippen molar-refractivity contribution >= 4 is 34.8 Å². The molecule has 1 aromatic heterocycles. The molecule has 6 heteroatoms. The highest BCUT2D eigenvalue weighted by Gasteiger charge is 2.18. The topological polar surface area (TPSA) is 62.0 Å². The van der Waals surface area contributed by atoms with Crippen molar-refractivity contribution in [3.05, 3.63) is 86.8 Å². The highest BCUT2D eigenvalue weighted by Crippen LogP contribution is 2.30. The van der Waals surface area contributed by atoms with Gasteiger partial charge in [-0.1, -0.05) is 59.6 Å². The number of halogens is 2. The van der Waals surface area contributed by atoms with Gasteiger partial charge in [0.15, 0.2) is 0 Å². The highest BCUT2D eigenvalue weighted by atomic mass is 35.5. The molecule has 0 saturated carbocycles. The van der Waals surface area contributed by atoms with Gasteiger partial charge in [-0.15, -0.1) is 0 Å². The molecular formula is C18H12Cl2N2O2. The predicted molar refractivity (Wildman–Crippen MR) is 96.9 cm³/mol. The molecule has 0 radical (unpaired) electrons. The minimum Gasteiger partial charge on any atom is -0.328 e. The van der Waals surface area contributed by atoms with Crippen molar-refractivity contribution in [3.8, 4) is 11.1 Å². The first-order valence-corrected chi connectivity index (χ1v) is 7.86. The monoisotopic (exact) mass is 358 g/mol. The number of H-pyrrole nitrogens is 1. The molecule has 3 aromatic rings. The molecule has 0 atom stereocenters. The molecule has 4 nitrogen and oxygen atoms in total. The second-order valence-corrected chi connectivity index (χ2v) is 5.80. The summed E-state index contributed by atoms with van der Waals surface area (Å²) < 4.78 is 0. The van der Waals surface area contributed by atoms with E-state index in [4.69, 9.17) is 23.2 Å². The maximum absolute atomic E-state index is 12.7. The van der Waals surface area contributed by atoms with E-state index in [1.54, 1.807) is 24.3 Å². The Hall–Kier alpha value is -2.56. The number of pyridine rings is 1. The standard InChI is InChI=1S/C18H12Cl2N2O2/c19-13-7-4-8-14(16(13)20)22-18(24)15-12(9-10-21-17(15)23)11-5-2-1-3-6-11/h1-10H,(H,21,23)(H,22,24). The number of carbonyl (C=O) groups is 1. The molecule has 0 aliphatic rings. The fraction of sp³-hybridized carbons (Fsp3) is 0. The minimum absolute atomic E-state index is 0.0137. The maximum Gasteiger partial charge on any atom is 0.261 e. The third-order valence-corrected chi connectivity index (χ3v) is 4.29. The number of hydrogen-bond donors (Lipinski definition) is 2. The Kier molecular flexibility index (Phi) is 4.69. The van der Waals surface area contributed by atoms with Crippen LogP contribution < -0.4 is 10.9 Å². The average Bonchev–Trinajstić information content (AvgIpc) is 2.59. The van der Waals surface area contributed by atoms with Gasteiger partial charge in [-0.3, -0.25) is 9.59 Å². The zero-order valence-electron chi connectivity index (χ0n) is 12.3. The Labute approximate surface area is 148 Å². The molecule has 0 spiro atoms. The molecule has 0 unspecified atom stereocenters. The Morgan fingerprint density at radius 2 is 1.71 bits per heavy atom. The van der Waals surface area contributed by atoms with E-state index in [-0.39, 0.29) is 10.6 Å². The normalized spacial score (nSPS) is 10.4. The molecule has 1 heterocycles. The molecule has 0 aliphatic carbocycles. The van der Waals surface area contributed by atoms with Crippen LogP contribution in [0, 0.1) is 0 Å². The number of benzene rings is 2. The summed E-state index contributed by atoms with van der Waals surface area (Å²) in [7, 11) is 0. The van der Waals surface area contributed by atoms with Crippen molar-refractivity contribution < 1.29 is 4.79 Å². The van der Waals surface area contributed by atoms with Crippen LogP contribution in [0.3, 0.4) is 0 Å². The Morgan fingerprint density at radius 1 is 0.958 bits per heavy atom. The molecule has 0 saturated heterocycles. The number of anilines is 1. The summed E-state index contributed by atoms with van der Waals surface area (Å²) in [4.78, 5) is 27.4. The lowest BCUT2D eigenvalue weighted by atomic mass is 10.0. The van der Waals surface area contributed by atoms with Crippen LogP contribution in [0.5, 0.6) is 0 Å². The summed E-state index contributed by atoms with van der Waals surface area (Å²) in [6.45, 7) is 0. The summed E-state index contributed by atoms with van der Waals surface area (Å²) in [5, 5.41) is 3.19. The molecule has 0 aliphatic heterocycles. The van der Waals surface area contributed by atoms with Gasteiger partial charge in [0.05, 0.1) is 15.7 Å². The van der Waals surface area contributed by atoms with Crippen LogP contribution in [-0.2, 0) is 0 Å². The predicted octanol–water partition coefficient (Wildman–Crippen LogP) is 4.60. The van der Waals surface area contributed by atoms with E-state index in [0.29, 0.717) is 16.3 Å². The maximum atomic E-state index is 12.7. The zero-order valence-corrected chi connectivity index (χ0v) is 13.9. The number of carbonyl (C=O) groups excluding carboxylic acids is 1. The number of nitrogens with one attached hydrogen (secondary N) is 2. The fourth-order valence-electron chi connectivity index (χ4n) is 2.35. The average molecular weight is 359 g/mol. The molecule has 0 fully saturated rings. The quantitative estimate of drug-likeness (QED) is 0.718. The lowest BCUT2D eigenvalue weighted by molar-refractivity contribution is 0.102. The fourth-order valence-corrected chi connectivity index (χ4v) is 2.70. The van der Waals surface area contributed by atoms with Gasteiger partial charge in [-0.2, -0.15) is 0 Å². The first kappa shape index (κ1) is 16.3. The Morgan fingerprint density at radius 3 is 2.46 bits per heavy atom. The van der Waals surface area contributed by atoms with Crippen molar-refractivity contribution in [3.63, 3.8) is 0 Å². The highest BCUT2D eigenvalue weighted by molar-refractivity contribution is 6.44. The van der Waals surface area contributed by atoms with Gasteiger partial charge in [-0.05, 0) is 23.8 Å². The van der Waals surface area contributed by atoms with Crippen LogP contribution in [0.1, 0.15) is 10.4 Å². The van der Waals surface area contributed by atoms with Crippen molar-refractivity contribution in [2.24, 2.45) is 0 Å². The molecule has 24 heavy (non-hydrogen) atoms. The number of aromatic nitrogens is 1. The van der Waals surface area contributed by atoms with Crippen LogP contribution in [0.15, 0.2) is 65.6 Å². The van der Waals surface area contributed by atoms with E-state index < -0.39 is 11.5 Å². The summed E-state index contributed by atoms with van der Waals surface area (Å²) in [6, 6.07) is 15.8. The first-order valence-electron chi connectivity index (χ1n) is 7.10. The van der Waals surface area contributed by atoms with Gasteiger partial charge in [0.2, 0.25) is 0 Å². The van der Waals surface area contributed by atoms with Gasteiger partial charge in [0.25, 0.3) is 11.5 Å². The second kappa shape index (κ2) is 6.91. The van der Waals surface area contributed by atoms with Gasteiger partial charge in [0.1, 0.15) is 5.56 Å². The molecule has 0 bridgehead atoms. The van der Waals surface area contributed by atoms with E-state index in [1.165, 1.54) is 6.20 Å². The lowest BCUT2D eigenvalue weighted by Crippen LogP contribution is -2.24. The third kappa shape index (κ3) is 3.20. The smallest absolute Gasteiger partial charge is 0.261 e. The van der Waals surface area contributed by atoms with Crippen LogP contribution in [-0.4, -0.2) is 10.9 Å². The van der Waals surface area contributed by atoms with E-state index in [9.17, 15) is 9.59 Å². The molecule has 2 aromatic carbocycles. The van der Waals surface area contributed by atoms with Gasteiger partial charge >= 0.3 is 0 Å². The molecule has 2 N–H and O–H groups in total. The molecule has 120 valence electrons. The summed E-state index contributed by atoms with van der Waals surface area (Å²) in [6.07, 6.45) is 1.51.